The second-order valence-corrected chi connectivity index (χ2v) is 12.4. The first-order valence-electron chi connectivity index (χ1n) is 14.9. The highest BCUT2D eigenvalue weighted by Gasteiger charge is 2.40. The minimum Gasteiger partial charge on any atom is -0.507 e. The van der Waals surface area contributed by atoms with Crippen LogP contribution in [0.1, 0.15) is 84.4 Å². The number of nitrogens with two attached hydrogens (primary N) is 1. The predicted octanol–water partition coefficient (Wildman–Crippen LogP) is 5.20. The quantitative estimate of drug-likeness (QED) is 0.228. The fraction of sp³-hybridized carbons (Fsp3) is 0.515. The molecule has 0 aliphatic heterocycles. The Morgan fingerprint density at radius 3 is 2.16 bits per heavy atom. The van der Waals surface area contributed by atoms with Crippen molar-refractivity contribution in [2.45, 2.75) is 97.9 Å². The van der Waals surface area contributed by atoms with E-state index < -0.39 is 47.5 Å². The molecule has 3 unspecified atom stereocenters. The Bertz CT molecular complexity index is 1290. The lowest BCUT2D eigenvalue weighted by Crippen LogP contribution is -2.55. The molecule has 11 nitrogen and oxygen atoms in total. The number of primary amides is 1. The summed E-state index contributed by atoms with van der Waals surface area (Å²) in [5, 5.41) is 16.6. The molecule has 2 aromatic rings. The largest absolute Gasteiger partial charge is 0.507 e. The van der Waals surface area contributed by atoms with Crippen LogP contribution in [-0.4, -0.2) is 58.6 Å². The van der Waals surface area contributed by atoms with Crippen LogP contribution in [0.3, 0.4) is 0 Å². The Labute approximate surface area is 260 Å². The molecule has 0 aromatic heterocycles. The van der Waals surface area contributed by atoms with Gasteiger partial charge in [0, 0.05) is 23.7 Å². The fourth-order valence-electron chi connectivity index (χ4n) is 4.69. The van der Waals surface area contributed by atoms with E-state index in [1.807, 2.05) is 6.92 Å². The SMILES string of the molecule is COc1ccc(NC(=O)C(c2cccc(C)c2O)N(C(=O)C(CCC(N)=O)NC(=O)OC(C)(C)C)C(C)CCC(C)C)cc1. The fourth-order valence-corrected chi connectivity index (χ4v) is 4.69. The summed E-state index contributed by atoms with van der Waals surface area (Å²) in [4.78, 5) is 54.7. The lowest BCUT2D eigenvalue weighted by molar-refractivity contribution is -0.143. The molecule has 0 aliphatic carbocycles. The predicted molar refractivity (Wildman–Crippen MR) is 169 cm³/mol. The minimum absolute atomic E-state index is 0.118. The van der Waals surface area contributed by atoms with Crippen molar-refractivity contribution in [2.24, 2.45) is 11.7 Å². The highest BCUT2D eigenvalue weighted by Crippen LogP contribution is 2.35. The van der Waals surface area contributed by atoms with Crippen LogP contribution in [0.15, 0.2) is 42.5 Å². The Morgan fingerprint density at radius 1 is 0.977 bits per heavy atom. The molecular formula is C33H48N4O7. The number of carbonyl (C=O) groups is 4. The van der Waals surface area contributed by atoms with Gasteiger partial charge in [0.1, 0.15) is 29.2 Å². The van der Waals surface area contributed by atoms with Gasteiger partial charge in [0.2, 0.25) is 11.8 Å². The van der Waals surface area contributed by atoms with E-state index in [0.717, 1.165) is 6.42 Å². The Kier molecular flexibility index (Phi) is 13.0. The monoisotopic (exact) mass is 612 g/mol. The third-order valence-electron chi connectivity index (χ3n) is 7.01. The molecule has 3 atom stereocenters. The summed E-state index contributed by atoms with van der Waals surface area (Å²) < 4.78 is 10.6. The van der Waals surface area contributed by atoms with Crippen molar-refractivity contribution in [1.29, 1.82) is 0 Å². The molecule has 4 amide bonds. The first-order chi connectivity index (χ1) is 20.5. The number of para-hydroxylation sites is 1. The molecule has 5 N–H and O–H groups in total. The lowest BCUT2D eigenvalue weighted by atomic mass is 9.95. The number of aryl methyl sites for hydroxylation is 1. The summed E-state index contributed by atoms with van der Waals surface area (Å²) in [5.74, 6) is -1.08. The number of alkyl carbamates (subject to hydrolysis) is 1. The number of hydrogen-bond acceptors (Lipinski definition) is 7. The molecule has 0 bridgehead atoms. The van der Waals surface area contributed by atoms with E-state index >= 15 is 0 Å². The van der Waals surface area contributed by atoms with Crippen LogP contribution in [-0.2, 0) is 19.1 Å². The van der Waals surface area contributed by atoms with Gasteiger partial charge >= 0.3 is 6.09 Å². The number of amides is 4. The van der Waals surface area contributed by atoms with E-state index in [0.29, 0.717) is 29.3 Å². The van der Waals surface area contributed by atoms with Crippen molar-refractivity contribution < 1.29 is 33.8 Å². The standard InChI is InChI=1S/C33H48N4O7/c1-20(2)12-13-22(4)37(31(41)26(18-19-27(34)38)36-32(42)44-33(5,6)7)28(25-11-9-10-21(3)29(25)39)30(40)35-23-14-16-24(43-8)17-15-23/h9-11,14-17,20,22,26,28,39H,12-13,18-19H2,1-8H3,(H2,34,38)(H,35,40)(H,36,42). The van der Waals surface area contributed by atoms with E-state index in [4.69, 9.17) is 15.2 Å². The zero-order chi connectivity index (χ0) is 33.2. The molecule has 0 aliphatic rings. The van der Waals surface area contributed by atoms with Crippen LogP contribution in [0.5, 0.6) is 11.5 Å². The zero-order valence-electron chi connectivity index (χ0n) is 27.1. The zero-order valence-corrected chi connectivity index (χ0v) is 27.1. The Hall–Kier alpha value is -4.28. The molecule has 2 rings (SSSR count). The minimum atomic E-state index is -1.30. The summed E-state index contributed by atoms with van der Waals surface area (Å²) in [6.07, 6.45) is 0.0970. The van der Waals surface area contributed by atoms with Crippen LogP contribution in [0.25, 0.3) is 0 Å². The summed E-state index contributed by atoms with van der Waals surface area (Å²) in [6.45, 7) is 12.7. The van der Waals surface area contributed by atoms with Crippen molar-refractivity contribution in [3.05, 3.63) is 53.6 Å². The summed E-state index contributed by atoms with van der Waals surface area (Å²) in [6, 6.07) is 8.62. The van der Waals surface area contributed by atoms with E-state index in [9.17, 15) is 24.3 Å². The van der Waals surface area contributed by atoms with Gasteiger partial charge in [-0.25, -0.2) is 4.79 Å². The Morgan fingerprint density at radius 2 is 1.61 bits per heavy atom. The molecule has 11 heteroatoms. The number of anilines is 1. The number of nitrogens with one attached hydrogen (secondary N) is 2. The molecule has 0 saturated heterocycles. The number of methoxy groups -OCH3 is 1. The summed E-state index contributed by atoms with van der Waals surface area (Å²) >= 11 is 0. The number of rotatable bonds is 14. The number of hydrogen-bond donors (Lipinski definition) is 4. The van der Waals surface area contributed by atoms with Crippen LogP contribution in [0.4, 0.5) is 10.5 Å². The average molecular weight is 613 g/mol. The van der Waals surface area contributed by atoms with Gasteiger partial charge in [-0.15, -0.1) is 0 Å². The maximum Gasteiger partial charge on any atom is 0.408 e. The lowest BCUT2D eigenvalue weighted by Gasteiger charge is -2.39. The maximum atomic E-state index is 14.5. The van der Waals surface area contributed by atoms with Gasteiger partial charge in [-0.1, -0.05) is 32.0 Å². The smallest absolute Gasteiger partial charge is 0.408 e. The summed E-state index contributed by atoms with van der Waals surface area (Å²) in [5.41, 5.74) is 5.75. The highest BCUT2D eigenvalue weighted by atomic mass is 16.6. The van der Waals surface area contributed by atoms with Gasteiger partial charge < -0.3 is 35.8 Å². The molecular weight excluding hydrogens is 564 g/mol. The van der Waals surface area contributed by atoms with Crippen LogP contribution >= 0.6 is 0 Å². The number of benzene rings is 2. The average Bonchev–Trinajstić information content (AvgIpc) is 2.93. The number of phenolic OH excluding ortho intramolecular Hbond substituents is 1. The van der Waals surface area contributed by atoms with Crippen molar-refractivity contribution in [3.63, 3.8) is 0 Å². The van der Waals surface area contributed by atoms with Gasteiger partial charge in [0.15, 0.2) is 0 Å². The first-order valence-corrected chi connectivity index (χ1v) is 14.9. The number of nitrogens with zero attached hydrogens (tertiary/aromatic N) is 1. The third-order valence-corrected chi connectivity index (χ3v) is 7.01. The van der Waals surface area contributed by atoms with E-state index in [-0.39, 0.29) is 24.2 Å². The molecule has 242 valence electrons. The first kappa shape index (κ1) is 35.9. The van der Waals surface area contributed by atoms with Gasteiger partial charge in [-0.3, -0.25) is 14.4 Å². The second-order valence-electron chi connectivity index (χ2n) is 12.4. The van der Waals surface area contributed by atoms with Crippen LogP contribution in [0, 0.1) is 12.8 Å². The summed E-state index contributed by atoms with van der Waals surface area (Å²) in [7, 11) is 1.53. The molecule has 44 heavy (non-hydrogen) atoms. The number of carbonyl (C=O) groups excluding carboxylic acids is 4. The van der Waals surface area contributed by atoms with Gasteiger partial charge in [-0.2, -0.15) is 0 Å². The number of ether oxygens (including phenoxy) is 2. The van der Waals surface area contributed by atoms with Gasteiger partial charge in [-0.05, 0) is 89.6 Å². The van der Waals surface area contributed by atoms with Crippen molar-refractivity contribution >= 4 is 29.5 Å². The topological polar surface area (TPSA) is 160 Å². The molecule has 0 heterocycles. The molecule has 0 saturated carbocycles. The van der Waals surface area contributed by atoms with Crippen LogP contribution < -0.4 is 21.1 Å². The highest BCUT2D eigenvalue weighted by molar-refractivity contribution is 5.99. The van der Waals surface area contributed by atoms with E-state index in [1.165, 1.54) is 12.0 Å². The van der Waals surface area contributed by atoms with Gasteiger partial charge in [0.25, 0.3) is 5.91 Å². The molecule has 0 radical (unpaired) electrons. The number of phenols is 1. The van der Waals surface area contributed by atoms with Gasteiger partial charge in [0.05, 0.1) is 7.11 Å². The van der Waals surface area contributed by atoms with Crippen molar-refractivity contribution in [3.8, 4) is 11.5 Å². The third kappa shape index (κ3) is 10.8. The maximum absolute atomic E-state index is 14.5. The normalized spacial score (nSPS) is 13.4. The molecule has 2 aromatic carbocycles. The molecule has 0 spiro atoms. The number of aromatic hydroxyl groups is 1. The van der Waals surface area contributed by atoms with Crippen molar-refractivity contribution in [2.75, 3.05) is 12.4 Å². The van der Waals surface area contributed by atoms with E-state index in [1.54, 1.807) is 70.2 Å². The second kappa shape index (κ2) is 16.0. The van der Waals surface area contributed by atoms with E-state index in [2.05, 4.69) is 24.5 Å². The Balaban J connectivity index is 2.69. The molecule has 0 fully saturated rings. The van der Waals surface area contributed by atoms with Crippen LogP contribution in [0.2, 0.25) is 0 Å². The van der Waals surface area contributed by atoms with Crippen molar-refractivity contribution in [1.82, 2.24) is 10.2 Å².